The highest BCUT2D eigenvalue weighted by Crippen LogP contribution is 2.58. The van der Waals surface area contributed by atoms with Crippen LogP contribution >= 0.6 is 0 Å². The first-order chi connectivity index (χ1) is 21.6. The van der Waals surface area contributed by atoms with Crippen molar-refractivity contribution >= 4 is 17.7 Å². The van der Waals surface area contributed by atoms with Gasteiger partial charge in [-0.05, 0) is 117 Å². The number of carboxylic acid groups (broad SMARTS) is 1. The van der Waals surface area contributed by atoms with Gasteiger partial charge in [0.1, 0.15) is 23.5 Å². The lowest BCUT2D eigenvalue weighted by molar-refractivity contribution is -0.138. The summed E-state index contributed by atoms with van der Waals surface area (Å²) in [5.41, 5.74) is 4.47. The molecule has 240 valence electrons. The van der Waals surface area contributed by atoms with E-state index in [4.69, 9.17) is 19.1 Å². The maximum absolute atomic E-state index is 14.4. The highest BCUT2D eigenvalue weighted by molar-refractivity contribution is 5.95. The lowest BCUT2D eigenvalue weighted by Gasteiger charge is -2.55. The third-order valence-electron chi connectivity index (χ3n) is 11.2. The molecule has 4 saturated carbocycles. The van der Waals surface area contributed by atoms with E-state index in [2.05, 4.69) is 39.0 Å². The van der Waals surface area contributed by atoms with Gasteiger partial charge in [0.05, 0.1) is 7.11 Å². The molecule has 0 radical (unpaired) electrons. The van der Waals surface area contributed by atoms with Gasteiger partial charge >= 0.3 is 5.97 Å². The number of aryl methyl sites for hydroxylation is 1. The van der Waals surface area contributed by atoms with Crippen molar-refractivity contribution in [2.45, 2.75) is 103 Å². The Hall–Kier alpha value is -3.68. The number of carboxylic acids is 1. The number of oxazole rings is 1. The lowest BCUT2D eigenvalue weighted by Crippen LogP contribution is -2.52. The molecule has 0 unspecified atom stereocenters. The fourth-order valence-electron chi connectivity index (χ4n) is 8.24. The highest BCUT2D eigenvalue weighted by atomic mass is 16.5. The molecule has 0 spiro atoms. The molecule has 4 aliphatic carbocycles. The summed E-state index contributed by atoms with van der Waals surface area (Å²) in [4.78, 5) is 37.2. The Morgan fingerprint density at radius 2 is 1.76 bits per heavy atom. The summed E-state index contributed by atoms with van der Waals surface area (Å²) in [6.07, 6.45) is 13.2. The van der Waals surface area contributed by atoms with E-state index in [0.717, 1.165) is 81.2 Å². The van der Waals surface area contributed by atoms with E-state index in [1.165, 1.54) is 11.1 Å². The van der Waals surface area contributed by atoms with Crippen molar-refractivity contribution in [1.82, 2.24) is 9.97 Å². The van der Waals surface area contributed by atoms with Crippen LogP contribution in [0.15, 0.2) is 47.2 Å². The standard InChI is InChI=1S/C37H47N3O5/c1-24(2)34-39-30(22-45-34)28-11-18-38-32(21-28)40(35(43)27-7-5-26(6-8-27)20-33(41)42)23-36-12-15-37(16-13-36,17-14-36)29-9-10-31(44-4)25(3)19-29/h9-11,18-19,21-22,24,26-27H,5-8,12-17,20,23H2,1-4H3,(H,41,42)/t26-,27-,36?,37?. The first-order valence-corrected chi connectivity index (χ1v) is 16.7. The van der Waals surface area contributed by atoms with Gasteiger partial charge in [0.25, 0.3) is 0 Å². The summed E-state index contributed by atoms with van der Waals surface area (Å²) in [6.45, 7) is 6.89. The van der Waals surface area contributed by atoms with Gasteiger partial charge < -0.3 is 14.3 Å². The fourth-order valence-corrected chi connectivity index (χ4v) is 8.24. The number of carbonyl (C=O) groups is 2. The number of pyridine rings is 1. The van der Waals surface area contributed by atoms with Crippen molar-refractivity contribution in [3.05, 3.63) is 59.8 Å². The van der Waals surface area contributed by atoms with Crippen molar-refractivity contribution < 1.29 is 23.8 Å². The minimum atomic E-state index is -0.754. The fraction of sp³-hybridized carbons (Fsp3) is 0.568. The second kappa shape index (κ2) is 12.6. The number of ether oxygens (including phenoxy) is 1. The number of hydrogen-bond acceptors (Lipinski definition) is 6. The van der Waals surface area contributed by atoms with E-state index >= 15 is 0 Å². The Bertz CT molecular complexity index is 1510. The van der Waals surface area contributed by atoms with Crippen LogP contribution in [0, 0.1) is 24.2 Å². The molecule has 0 saturated heterocycles. The smallest absolute Gasteiger partial charge is 0.303 e. The number of carbonyl (C=O) groups excluding carboxylic acids is 1. The monoisotopic (exact) mass is 613 g/mol. The van der Waals surface area contributed by atoms with Crippen molar-refractivity contribution in [1.29, 1.82) is 0 Å². The number of nitrogens with zero attached hydrogens (tertiary/aromatic N) is 3. The van der Waals surface area contributed by atoms with E-state index in [-0.39, 0.29) is 40.9 Å². The molecule has 7 rings (SSSR count). The summed E-state index contributed by atoms with van der Waals surface area (Å²) in [5.74, 6) is 1.87. The maximum atomic E-state index is 14.4. The molecular weight excluding hydrogens is 566 g/mol. The van der Waals surface area contributed by atoms with E-state index in [9.17, 15) is 14.7 Å². The van der Waals surface area contributed by atoms with Crippen LogP contribution < -0.4 is 9.64 Å². The first-order valence-electron chi connectivity index (χ1n) is 16.7. The molecule has 3 aromatic rings. The molecule has 2 heterocycles. The van der Waals surface area contributed by atoms with Crippen molar-refractivity contribution in [3.63, 3.8) is 0 Å². The molecule has 4 aliphatic rings. The third kappa shape index (κ3) is 6.38. The Kier molecular flexibility index (Phi) is 8.77. The average Bonchev–Trinajstić information content (AvgIpc) is 3.56. The van der Waals surface area contributed by atoms with Crippen molar-refractivity contribution in [3.8, 4) is 17.0 Å². The molecule has 1 N–H and O–H groups in total. The third-order valence-corrected chi connectivity index (χ3v) is 11.2. The largest absolute Gasteiger partial charge is 0.496 e. The van der Waals surface area contributed by atoms with E-state index < -0.39 is 5.97 Å². The SMILES string of the molecule is COc1ccc(C23CCC(CN(c4cc(-c5coc(C(C)C)n5)ccn4)C(=O)[C@H]4CC[C@H](CC(=O)O)CC4)(CC2)CC3)cc1C. The molecule has 0 atom stereocenters. The first kappa shape index (κ1) is 31.3. The lowest BCUT2D eigenvalue weighted by atomic mass is 9.51. The number of hydrogen-bond donors (Lipinski definition) is 1. The molecule has 1 amide bonds. The minimum Gasteiger partial charge on any atom is -0.496 e. The van der Waals surface area contributed by atoms with Crippen LogP contribution in [0.4, 0.5) is 5.82 Å². The van der Waals surface area contributed by atoms with Gasteiger partial charge in [-0.3, -0.25) is 14.5 Å². The van der Waals surface area contributed by atoms with E-state index in [1.807, 2.05) is 17.0 Å². The van der Waals surface area contributed by atoms with Crippen LogP contribution in [-0.2, 0) is 15.0 Å². The number of anilines is 1. The predicted octanol–water partition coefficient (Wildman–Crippen LogP) is 8.08. The Morgan fingerprint density at radius 3 is 2.36 bits per heavy atom. The Labute approximate surface area is 266 Å². The summed E-state index contributed by atoms with van der Waals surface area (Å²) in [6, 6.07) is 10.6. The molecular formula is C37H47N3O5. The number of benzene rings is 1. The van der Waals surface area contributed by atoms with Gasteiger partial charge in [-0.25, -0.2) is 9.97 Å². The molecule has 8 heteroatoms. The number of rotatable bonds is 10. The van der Waals surface area contributed by atoms with Crippen molar-refractivity contribution in [2.75, 3.05) is 18.6 Å². The van der Waals surface area contributed by atoms with Crippen LogP contribution in [0.1, 0.15) is 107 Å². The van der Waals surface area contributed by atoms with Crippen LogP contribution in [0.2, 0.25) is 0 Å². The molecule has 8 nitrogen and oxygen atoms in total. The van der Waals surface area contributed by atoms with Gasteiger partial charge in [0, 0.05) is 36.6 Å². The zero-order valence-electron chi connectivity index (χ0n) is 27.2. The second-order valence-corrected chi connectivity index (χ2v) is 14.3. The summed E-state index contributed by atoms with van der Waals surface area (Å²) in [7, 11) is 1.73. The summed E-state index contributed by atoms with van der Waals surface area (Å²) in [5, 5.41) is 9.30. The molecule has 1 aromatic carbocycles. The summed E-state index contributed by atoms with van der Waals surface area (Å²) >= 11 is 0. The van der Waals surface area contributed by atoms with Crippen LogP contribution in [0.25, 0.3) is 11.3 Å². The highest BCUT2D eigenvalue weighted by Gasteiger charge is 2.51. The van der Waals surface area contributed by atoms with Gasteiger partial charge in [-0.15, -0.1) is 0 Å². The average molecular weight is 614 g/mol. The van der Waals surface area contributed by atoms with Gasteiger partial charge in [0.2, 0.25) is 5.91 Å². The van der Waals surface area contributed by atoms with Gasteiger partial charge in [-0.2, -0.15) is 0 Å². The molecule has 4 fully saturated rings. The number of methoxy groups -OCH3 is 1. The van der Waals surface area contributed by atoms with Crippen LogP contribution in [0.5, 0.6) is 5.75 Å². The number of fused-ring (bicyclic) bond motifs is 3. The maximum Gasteiger partial charge on any atom is 0.303 e. The minimum absolute atomic E-state index is 0.0514. The Balaban J connectivity index is 1.25. The molecule has 45 heavy (non-hydrogen) atoms. The van der Waals surface area contributed by atoms with Crippen LogP contribution in [0.3, 0.4) is 0 Å². The number of aromatic nitrogens is 2. The molecule has 2 aromatic heterocycles. The molecule has 2 bridgehead atoms. The van der Waals surface area contributed by atoms with Crippen molar-refractivity contribution in [2.24, 2.45) is 17.3 Å². The number of aliphatic carboxylic acids is 1. The predicted molar refractivity (Wildman–Crippen MR) is 173 cm³/mol. The van der Waals surface area contributed by atoms with Gasteiger partial charge in [-0.1, -0.05) is 26.0 Å². The van der Waals surface area contributed by atoms with Crippen LogP contribution in [-0.4, -0.2) is 40.6 Å². The summed E-state index contributed by atoms with van der Waals surface area (Å²) < 4.78 is 11.3. The normalized spacial score (nSPS) is 26.2. The quantitative estimate of drug-likeness (QED) is 0.246. The topological polar surface area (TPSA) is 106 Å². The zero-order valence-corrected chi connectivity index (χ0v) is 27.2. The van der Waals surface area contributed by atoms with E-state index in [1.54, 1.807) is 19.6 Å². The van der Waals surface area contributed by atoms with E-state index in [0.29, 0.717) is 18.3 Å². The second-order valence-electron chi connectivity index (χ2n) is 14.3. The van der Waals surface area contributed by atoms with Gasteiger partial charge in [0.15, 0.2) is 5.89 Å². The molecule has 0 aliphatic heterocycles. The Morgan fingerprint density at radius 1 is 1.04 bits per heavy atom. The zero-order chi connectivity index (χ0) is 31.8. The number of amides is 1.